The van der Waals surface area contributed by atoms with Gasteiger partial charge >= 0.3 is 6.18 Å². The SMILES string of the molecule is O=S(=O)(c1ccc(CC(F)(F)F)cc1)N1CCC2CCC(C1)N2. The third-order valence-electron chi connectivity index (χ3n) is 4.45. The van der Waals surface area contributed by atoms with E-state index in [0.717, 1.165) is 19.3 Å². The first-order chi connectivity index (χ1) is 10.7. The van der Waals surface area contributed by atoms with Gasteiger partial charge in [-0.25, -0.2) is 8.42 Å². The molecular weight excluding hydrogens is 329 g/mol. The summed E-state index contributed by atoms with van der Waals surface area (Å²) in [6.07, 6.45) is -2.55. The molecule has 4 nitrogen and oxygen atoms in total. The van der Waals surface area contributed by atoms with E-state index >= 15 is 0 Å². The number of benzene rings is 1. The molecule has 2 bridgehead atoms. The average Bonchev–Trinajstić information content (AvgIpc) is 2.76. The predicted octanol–water partition coefficient (Wildman–Crippen LogP) is 2.31. The fourth-order valence-electron chi connectivity index (χ4n) is 3.29. The number of fused-ring (bicyclic) bond motifs is 2. The largest absolute Gasteiger partial charge is 0.393 e. The molecule has 0 aromatic heterocycles. The molecular formula is C15H19F3N2O2S. The Morgan fingerprint density at radius 1 is 1.09 bits per heavy atom. The minimum atomic E-state index is -4.30. The van der Waals surface area contributed by atoms with E-state index in [-0.39, 0.29) is 16.5 Å². The molecule has 0 radical (unpaired) electrons. The second-order valence-electron chi connectivity index (χ2n) is 6.23. The number of hydrogen-bond donors (Lipinski definition) is 1. The average molecular weight is 348 g/mol. The van der Waals surface area contributed by atoms with Crippen molar-refractivity contribution in [2.75, 3.05) is 13.1 Å². The van der Waals surface area contributed by atoms with Crippen LogP contribution in [0.25, 0.3) is 0 Å². The van der Waals surface area contributed by atoms with E-state index in [4.69, 9.17) is 0 Å². The highest BCUT2D eigenvalue weighted by Crippen LogP contribution is 2.26. The van der Waals surface area contributed by atoms with Crippen LogP contribution in [0.3, 0.4) is 0 Å². The first kappa shape index (κ1) is 16.7. The Morgan fingerprint density at radius 3 is 2.39 bits per heavy atom. The summed E-state index contributed by atoms with van der Waals surface area (Å²) >= 11 is 0. The highest BCUT2D eigenvalue weighted by molar-refractivity contribution is 7.89. The van der Waals surface area contributed by atoms with Crippen LogP contribution in [-0.2, 0) is 16.4 Å². The Balaban J connectivity index is 1.76. The van der Waals surface area contributed by atoms with E-state index in [9.17, 15) is 21.6 Å². The Labute approximate surface area is 133 Å². The predicted molar refractivity (Wildman–Crippen MR) is 79.5 cm³/mol. The normalized spacial score (nSPS) is 26.2. The van der Waals surface area contributed by atoms with Gasteiger partial charge in [0.05, 0.1) is 11.3 Å². The Bertz CT molecular complexity index is 658. The lowest BCUT2D eigenvalue weighted by molar-refractivity contribution is -0.127. The molecule has 2 unspecified atom stereocenters. The fraction of sp³-hybridized carbons (Fsp3) is 0.600. The molecule has 1 aromatic carbocycles. The smallest absolute Gasteiger partial charge is 0.310 e. The number of hydrogen-bond acceptors (Lipinski definition) is 3. The molecule has 3 rings (SSSR count). The van der Waals surface area contributed by atoms with Gasteiger partial charge in [-0.2, -0.15) is 17.5 Å². The van der Waals surface area contributed by atoms with Crippen LogP contribution in [0.1, 0.15) is 24.8 Å². The zero-order valence-electron chi connectivity index (χ0n) is 12.5. The van der Waals surface area contributed by atoms with E-state index in [1.165, 1.54) is 28.6 Å². The molecule has 2 aliphatic heterocycles. The summed E-state index contributed by atoms with van der Waals surface area (Å²) < 4.78 is 63.9. The van der Waals surface area contributed by atoms with Gasteiger partial charge in [0.2, 0.25) is 10.0 Å². The highest BCUT2D eigenvalue weighted by atomic mass is 32.2. The van der Waals surface area contributed by atoms with Gasteiger partial charge in [-0.15, -0.1) is 0 Å². The zero-order valence-corrected chi connectivity index (χ0v) is 13.3. The van der Waals surface area contributed by atoms with Crippen LogP contribution in [0.5, 0.6) is 0 Å². The summed E-state index contributed by atoms with van der Waals surface area (Å²) in [5.41, 5.74) is 0.0630. The molecule has 0 saturated carbocycles. The molecule has 2 aliphatic rings. The van der Waals surface area contributed by atoms with E-state index < -0.39 is 22.6 Å². The summed E-state index contributed by atoms with van der Waals surface area (Å²) in [6.45, 7) is 0.865. The lowest BCUT2D eigenvalue weighted by atomic mass is 10.1. The minimum Gasteiger partial charge on any atom is -0.310 e. The molecule has 1 aromatic rings. The number of nitrogens with one attached hydrogen (secondary N) is 1. The van der Waals surface area contributed by atoms with Gasteiger partial charge in [-0.1, -0.05) is 12.1 Å². The van der Waals surface area contributed by atoms with Gasteiger partial charge in [-0.3, -0.25) is 0 Å². The van der Waals surface area contributed by atoms with Crippen molar-refractivity contribution in [2.45, 2.75) is 48.8 Å². The Hall–Kier alpha value is -1.12. The molecule has 0 spiro atoms. The van der Waals surface area contributed by atoms with Crippen molar-refractivity contribution in [2.24, 2.45) is 0 Å². The summed E-state index contributed by atoms with van der Waals surface area (Å²) in [7, 11) is -3.66. The zero-order chi connectivity index (χ0) is 16.7. The maximum absolute atomic E-state index is 12.7. The standard InChI is InChI=1S/C15H19F3N2O2S/c16-15(17,18)9-11-1-5-14(6-2-11)23(21,22)20-8-7-12-3-4-13(10-20)19-12/h1-2,5-6,12-13,19H,3-4,7-10H2. The van der Waals surface area contributed by atoms with Crippen molar-refractivity contribution < 1.29 is 21.6 Å². The second-order valence-corrected chi connectivity index (χ2v) is 8.16. The van der Waals surface area contributed by atoms with Crippen molar-refractivity contribution in [3.8, 4) is 0 Å². The molecule has 2 fully saturated rings. The number of rotatable bonds is 3. The summed E-state index contributed by atoms with van der Waals surface area (Å²) in [5, 5.41) is 3.41. The first-order valence-corrected chi connectivity index (χ1v) is 9.10. The van der Waals surface area contributed by atoms with Crippen LogP contribution in [0, 0.1) is 0 Å². The van der Waals surface area contributed by atoms with Crippen LogP contribution >= 0.6 is 0 Å². The van der Waals surface area contributed by atoms with Crippen molar-refractivity contribution in [1.29, 1.82) is 0 Å². The molecule has 1 N–H and O–H groups in total. The highest BCUT2D eigenvalue weighted by Gasteiger charge is 2.35. The maximum Gasteiger partial charge on any atom is 0.393 e. The van der Waals surface area contributed by atoms with Gasteiger partial charge < -0.3 is 5.32 Å². The van der Waals surface area contributed by atoms with Crippen LogP contribution in [0.2, 0.25) is 0 Å². The number of sulfonamides is 1. The number of alkyl halides is 3. The number of halogens is 3. The van der Waals surface area contributed by atoms with E-state index in [1.54, 1.807) is 0 Å². The second kappa shape index (κ2) is 6.07. The molecule has 128 valence electrons. The number of nitrogens with zero attached hydrogens (tertiary/aromatic N) is 1. The molecule has 23 heavy (non-hydrogen) atoms. The van der Waals surface area contributed by atoms with E-state index in [1.807, 2.05) is 0 Å². The third-order valence-corrected chi connectivity index (χ3v) is 6.33. The van der Waals surface area contributed by atoms with Crippen LogP contribution in [0.4, 0.5) is 13.2 Å². The van der Waals surface area contributed by atoms with Gasteiger partial charge in [0.1, 0.15) is 0 Å². The van der Waals surface area contributed by atoms with Crippen LogP contribution in [0.15, 0.2) is 29.2 Å². The molecule has 2 saturated heterocycles. The van der Waals surface area contributed by atoms with Crippen LogP contribution in [-0.4, -0.2) is 44.1 Å². The van der Waals surface area contributed by atoms with Gasteiger partial charge in [-0.05, 0) is 37.0 Å². The Morgan fingerprint density at radius 2 is 1.74 bits per heavy atom. The van der Waals surface area contributed by atoms with Crippen LogP contribution < -0.4 is 5.32 Å². The quantitative estimate of drug-likeness (QED) is 0.912. The molecule has 0 aliphatic carbocycles. The first-order valence-electron chi connectivity index (χ1n) is 7.66. The third kappa shape index (κ3) is 3.87. The molecule has 8 heteroatoms. The van der Waals surface area contributed by atoms with E-state index in [2.05, 4.69) is 5.32 Å². The molecule has 2 atom stereocenters. The van der Waals surface area contributed by atoms with E-state index in [0.29, 0.717) is 19.1 Å². The fourth-order valence-corrected chi connectivity index (χ4v) is 4.79. The Kier molecular flexibility index (Phi) is 4.41. The van der Waals surface area contributed by atoms with Crippen molar-refractivity contribution in [3.63, 3.8) is 0 Å². The van der Waals surface area contributed by atoms with Gasteiger partial charge in [0.15, 0.2) is 0 Å². The maximum atomic E-state index is 12.7. The minimum absolute atomic E-state index is 0.0567. The summed E-state index contributed by atoms with van der Waals surface area (Å²) in [5.74, 6) is 0. The monoisotopic (exact) mass is 348 g/mol. The van der Waals surface area contributed by atoms with Crippen molar-refractivity contribution >= 4 is 10.0 Å². The molecule has 0 amide bonds. The van der Waals surface area contributed by atoms with Gasteiger partial charge in [0.25, 0.3) is 0 Å². The summed E-state index contributed by atoms with van der Waals surface area (Å²) in [6, 6.07) is 5.56. The van der Waals surface area contributed by atoms with Gasteiger partial charge in [0, 0.05) is 25.2 Å². The van der Waals surface area contributed by atoms with Crippen molar-refractivity contribution in [3.05, 3.63) is 29.8 Å². The lowest BCUT2D eigenvalue weighted by Gasteiger charge is -2.23. The molecule has 2 heterocycles. The van der Waals surface area contributed by atoms with Crippen molar-refractivity contribution in [1.82, 2.24) is 9.62 Å². The lowest BCUT2D eigenvalue weighted by Crippen LogP contribution is -2.39. The topological polar surface area (TPSA) is 49.4 Å². The summed E-state index contributed by atoms with van der Waals surface area (Å²) in [4.78, 5) is 0.0567.